The molecule has 0 unspecified atom stereocenters. The molecule has 0 bridgehead atoms. The Hall–Kier alpha value is -2.78. The van der Waals surface area contributed by atoms with Crippen molar-refractivity contribution < 1.29 is 9.47 Å². The summed E-state index contributed by atoms with van der Waals surface area (Å²) in [4.78, 5) is 12.3. The summed E-state index contributed by atoms with van der Waals surface area (Å²) in [5.41, 5.74) is 1.50. The molecule has 0 saturated carbocycles. The maximum atomic E-state index is 12.3. The van der Waals surface area contributed by atoms with Gasteiger partial charge in [-0.15, -0.1) is 0 Å². The fourth-order valence-electron chi connectivity index (χ4n) is 2.38. The molecule has 0 amide bonds. The van der Waals surface area contributed by atoms with Gasteiger partial charge in [-0.1, -0.05) is 11.6 Å². The average Bonchev–Trinajstić information content (AvgIpc) is 2.56. The molecule has 1 aromatic heterocycles. The van der Waals surface area contributed by atoms with Crippen LogP contribution in [0.5, 0.6) is 11.5 Å². The van der Waals surface area contributed by atoms with Gasteiger partial charge in [0, 0.05) is 5.69 Å². The molecule has 2 rings (SSSR count). The Balaban J connectivity index is 2.49. The molecule has 7 heteroatoms. The van der Waals surface area contributed by atoms with Gasteiger partial charge in [-0.3, -0.25) is 4.79 Å². The third-order valence-electron chi connectivity index (χ3n) is 3.53. The van der Waals surface area contributed by atoms with E-state index in [1.165, 1.54) is 18.0 Å². The van der Waals surface area contributed by atoms with Crippen molar-refractivity contribution in [3.8, 4) is 17.6 Å². The Morgan fingerprint density at radius 1 is 1.36 bits per heavy atom. The zero-order valence-electron chi connectivity index (χ0n) is 14.5. The third-order valence-corrected chi connectivity index (χ3v) is 3.82. The summed E-state index contributed by atoms with van der Waals surface area (Å²) >= 11 is 6.23. The number of benzene rings is 1. The largest absolute Gasteiger partial charge is 0.493 e. The summed E-state index contributed by atoms with van der Waals surface area (Å²) < 4.78 is 11.9. The molecule has 1 aromatic carbocycles. The van der Waals surface area contributed by atoms with Crippen molar-refractivity contribution in [2.45, 2.75) is 20.8 Å². The number of aryl methyl sites for hydroxylation is 2. The number of pyridine rings is 1. The number of ether oxygens (including phenoxy) is 2. The van der Waals surface area contributed by atoms with Crippen LogP contribution in [0.25, 0.3) is 0 Å². The van der Waals surface area contributed by atoms with Gasteiger partial charge in [0.05, 0.1) is 25.0 Å². The van der Waals surface area contributed by atoms with Crippen LogP contribution in [0.4, 0.5) is 0 Å². The van der Waals surface area contributed by atoms with E-state index >= 15 is 0 Å². The fraction of sp³-hybridized carbons (Fsp3) is 0.278. The minimum absolute atomic E-state index is 0.0741. The van der Waals surface area contributed by atoms with Crippen LogP contribution < -0.4 is 15.0 Å². The molecule has 0 aliphatic heterocycles. The minimum Gasteiger partial charge on any atom is -0.493 e. The van der Waals surface area contributed by atoms with Gasteiger partial charge < -0.3 is 9.47 Å². The Bertz CT molecular complexity index is 927. The van der Waals surface area contributed by atoms with E-state index in [2.05, 4.69) is 5.10 Å². The van der Waals surface area contributed by atoms with E-state index in [1.807, 2.05) is 13.0 Å². The van der Waals surface area contributed by atoms with Crippen LogP contribution in [0.2, 0.25) is 5.02 Å². The van der Waals surface area contributed by atoms with E-state index in [0.717, 1.165) is 0 Å². The second kappa shape index (κ2) is 7.86. The molecule has 0 aliphatic rings. The lowest BCUT2D eigenvalue weighted by molar-refractivity contribution is 0.311. The summed E-state index contributed by atoms with van der Waals surface area (Å²) in [5.74, 6) is 0.931. The normalized spacial score (nSPS) is 10.7. The van der Waals surface area contributed by atoms with Gasteiger partial charge in [0.2, 0.25) is 0 Å². The standard InChI is InChI=1S/C18H18ClN3O3/c1-5-25-17-15(19)7-13(8-16(17)24-4)10-21-22-12(3)6-11(2)14(9-20)18(22)23/h6-8,10H,5H2,1-4H3. The molecule has 1 heterocycles. The predicted molar refractivity (Wildman–Crippen MR) is 97.1 cm³/mol. The summed E-state index contributed by atoms with van der Waals surface area (Å²) in [7, 11) is 1.52. The molecule has 0 N–H and O–H groups in total. The Morgan fingerprint density at radius 3 is 2.68 bits per heavy atom. The van der Waals surface area contributed by atoms with Crippen LogP contribution in [-0.2, 0) is 0 Å². The smallest absolute Gasteiger partial charge is 0.289 e. The lowest BCUT2D eigenvalue weighted by Crippen LogP contribution is -2.22. The quantitative estimate of drug-likeness (QED) is 0.767. The molecule has 0 radical (unpaired) electrons. The zero-order chi connectivity index (χ0) is 18.6. The van der Waals surface area contributed by atoms with Crippen LogP contribution in [0, 0.1) is 25.2 Å². The highest BCUT2D eigenvalue weighted by Gasteiger charge is 2.12. The van der Waals surface area contributed by atoms with Crippen LogP contribution in [-0.4, -0.2) is 24.6 Å². The van der Waals surface area contributed by atoms with Gasteiger partial charge in [0.1, 0.15) is 11.6 Å². The molecule has 0 aliphatic carbocycles. The summed E-state index contributed by atoms with van der Waals surface area (Å²) in [6.07, 6.45) is 1.48. The first-order valence-corrected chi connectivity index (χ1v) is 7.98. The number of nitrogens with zero attached hydrogens (tertiary/aromatic N) is 3. The van der Waals surface area contributed by atoms with Crippen molar-refractivity contribution in [2.75, 3.05) is 13.7 Å². The van der Waals surface area contributed by atoms with Gasteiger partial charge in [0.15, 0.2) is 11.5 Å². The molecule has 6 nitrogen and oxygen atoms in total. The third kappa shape index (κ3) is 3.83. The number of rotatable bonds is 5. The molecule has 0 fully saturated rings. The SMILES string of the molecule is CCOc1c(Cl)cc(C=Nn2c(C)cc(C)c(C#N)c2=O)cc1OC. The lowest BCUT2D eigenvalue weighted by Gasteiger charge is -2.12. The Labute approximate surface area is 150 Å². The van der Waals surface area contributed by atoms with Gasteiger partial charge >= 0.3 is 0 Å². The van der Waals surface area contributed by atoms with E-state index < -0.39 is 5.56 Å². The van der Waals surface area contributed by atoms with Crippen LogP contribution in [0.1, 0.15) is 29.3 Å². The number of aromatic nitrogens is 1. The van der Waals surface area contributed by atoms with Crippen molar-refractivity contribution >= 4 is 17.8 Å². The second-order valence-electron chi connectivity index (χ2n) is 5.28. The highest BCUT2D eigenvalue weighted by Crippen LogP contribution is 2.35. The van der Waals surface area contributed by atoms with Gasteiger partial charge in [-0.25, -0.2) is 4.68 Å². The van der Waals surface area contributed by atoms with Gasteiger partial charge in [-0.05, 0) is 50.1 Å². The highest BCUT2D eigenvalue weighted by molar-refractivity contribution is 6.32. The van der Waals surface area contributed by atoms with E-state index in [-0.39, 0.29) is 5.56 Å². The summed E-state index contributed by atoms with van der Waals surface area (Å²) in [6, 6.07) is 7.03. The monoisotopic (exact) mass is 359 g/mol. The number of methoxy groups -OCH3 is 1. The number of hydrogen-bond donors (Lipinski definition) is 0. The maximum Gasteiger partial charge on any atom is 0.289 e. The van der Waals surface area contributed by atoms with Crippen LogP contribution >= 0.6 is 11.6 Å². The van der Waals surface area contributed by atoms with Gasteiger partial charge in [-0.2, -0.15) is 10.4 Å². The molecular formula is C18H18ClN3O3. The molecule has 0 saturated heterocycles. The van der Waals surface area contributed by atoms with E-state index in [4.69, 9.17) is 26.3 Å². The number of nitriles is 1. The second-order valence-corrected chi connectivity index (χ2v) is 5.69. The lowest BCUT2D eigenvalue weighted by atomic mass is 10.1. The zero-order valence-corrected chi connectivity index (χ0v) is 15.2. The Kier molecular flexibility index (Phi) is 5.84. The van der Waals surface area contributed by atoms with E-state index in [9.17, 15) is 4.79 Å². The molecular weight excluding hydrogens is 342 g/mol. The summed E-state index contributed by atoms with van der Waals surface area (Å²) in [6.45, 7) is 5.78. The highest BCUT2D eigenvalue weighted by atomic mass is 35.5. The first kappa shape index (κ1) is 18.6. The minimum atomic E-state index is -0.458. The van der Waals surface area contributed by atoms with Crippen molar-refractivity contribution in [3.63, 3.8) is 0 Å². The van der Waals surface area contributed by atoms with Crippen LogP contribution in [0.15, 0.2) is 28.1 Å². The molecule has 25 heavy (non-hydrogen) atoms. The predicted octanol–water partition coefficient (Wildman–Crippen LogP) is 3.28. The molecule has 130 valence electrons. The number of halogens is 1. The molecule has 0 atom stereocenters. The van der Waals surface area contributed by atoms with Crippen molar-refractivity contribution in [2.24, 2.45) is 5.10 Å². The first-order valence-electron chi connectivity index (χ1n) is 7.61. The van der Waals surface area contributed by atoms with Crippen molar-refractivity contribution in [3.05, 3.63) is 56.0 Å². The van der Waals surface area contributed by atoms with E-state index in [0.29, 0.717) is 39.9 Å². The Morgan fingerprint density at radius 2 is 2.08 bits per heavy atom. The molecule has 0 spiro atoms. The van der Waals surface area contributed by atoms with Crippen molar-refractivity contribution in [1.82, 2.24) is 4.68 Å². The topological polar surface area (TPSA) is 76.6 Å². The van der Waals surface area contributed by atoms with E-state index in [1.54, 1.807) is 32.0 Å². The van der Waals surface area contributed by atoms with Crippen molar-refractivity contribution in [1.29, 1.82) is 5.26 Å². The fourth-order valence-corrected chi connectivity index (χ4v) is 2.66. The molecule has 2 aromatic rings. The average molecular weight is 360 g/mol. The maximum absolute atomic E-state index is 12.3. The number of hydrogen-bond acceptors (Lipinski definition) is 5. The van der Waals surface area contributed by atoms with Crippen LogP contribution in [0.3, 0.4) is 0 Å². The first-order chi connectivity index (χ1) is 11.9. The summed E-state index contributed by atoms with van der Waals surface area (Å²) in [5, 5.41) is 13.7. The van der Waals surface area contributed by atoms with Gasteiger partial charge in [0.25, 0.3) is 5.56 Å².